The highest BCUT2D eigenvalue weighted by Gasteiger charge is 2.37. The van der Waals surface area contributed by atoms with Crippen LogP contribution in [0.3, 0.4) is 0 Å². The van der Waals surface area contributed by atoms with Gasteiger partial charge in [-0.3, -0.25) is 4.98 Å². The molecule has 1 saturated carbocycles. The molecule has 0 aromatic carbocycles. The molecular formula is C14H18N4O. The second-order valence-corrected chi connectivity index (χ2v) is 5.52. The topological polar surface area (TPSA) is 77.8 Å². The predicted octanol–water partition coefficient (Wildman–Crippen LogP) is 2.50. The van der Waals surface area contributed by atoms with Gasteiger partial charge in [-0.2, -0.15) is 4.98 Å². The zero-order valence-corrected chi connectivity index (χ0v) is 11.0. The molecule has 1 aliphatic carbocycles. The summed E-state index contributed by atoms with van der Waals surface area (Å²) in [5.41, 5.74) is 6.84. The molecule has 1 fully saturated rings. The molecule has 2 N–H and O–H groups in total. The molecule has 1 aliphatic rings. The van der Waals surface area contributed by atoms with Crippen LogP contribution in [0.5, 0.6) is 0 Å². The Hall–Kier alpha value is -1.75. The van der Waals surface area contributed by atoms with E-state index in [2.05, 4.69) is 22.0 Å². The minimum Gasteiger partial charge on any atom is -0.337 e. The number of pyridine rings is 1. The van der Waals surface area contributed by atoms with Crippen LogP contribution in [0.1, 0.15) is 38.5 Å². The summed E-state index contributed by atoms with van der Waals surface area (Å²) in [6.45, 7) is 2.22. The predicted molar refractivity (Wildman–Crippen MR) is 71.0 cm³/mol. The van der Waals surface area contributed by atoms with Gasteiger partial charge in [0.05, 0.1) is 5.54 Å². The Labute approximate surface area is 112 Å². The lowest BCUT2D eigenvalue weighted by Crippen LogP contribution is -2.41. The molecule has 0 spiro atoms. The molecule has 2 aromatic rings. The van der Waals surface area contributed by atoms with Crippen LogP contribution in [-0.4, -0.2) is 15.1 Å². The highest BCUT2D eigenvalue weighted by atomic mass is 16.5. The van der Waals surface area contributed by atoms with Gasteiger partial charge in [-0.1, -0.05) is 24.9 Å². The first-order valence-electron chi connectivity index (χ1n) is 6.71. The summed E-state index contributed by atoms with van der Waals surface area (Å²) >= 11 is 0. The largest absolute Gasteiger partial charge is 0.337 e. The molecule has 2 atom stereocenters. The van der Waals surface area contributed by atoms with Gasteiger partial charge in [-0.15, -0.1) is 0 Å². The molecule has 5 heteroatoms. The second-order valence-electron chi connectivity index (χ2n) is 5.52. The molecule has 0 aliphatic heterocycles. The van der Waals surface area contributed by atoms with E-state index in [-0.39, 0.29) is 0 Å². The van der Waals surface area contributed by atoms with Gasteiger partial charge >= 0.3 is 0 Å². The lowest BCUT2D eigenvalue weighted by molar-refractivity contribution is 0.183. The van der Waals surface area contributed by atoms with E-state index in [0.717, 1.165) is 24.8 Å². The van der Waals surface area contributed by atoms with Gasteiger partial charge < -0.3 is 10.3 Å². The van der Waals surface area contributed by atoms with Crippen LogP contribution in [0.4, 0.5) is 0 Å². The van der Waals surface area contributed by atoms with Gasteiger partial charge in [0.15, 0.2) is 0 Å². The number of nitrogens with zero attached hydrogens (tertiary/aromatic N) is 3. The van der Waals surface area contributed by atoms with Crippen LogP contribution < -0.4 is 5.73 Å². The Morgan fingerprint density at radius 3 is 3.11 bits per heavy atom. The first-order chi connectivity index (χ1) is 9.17. The van der Waals surface area contributed by atoms with Gasteiger partial charge in [0.25, 0.3) is 0 Å². The lowest BCUT2D eigenvalue weighted by atomic mass is 9.77. The minimum atomic E-state index is -0.467. The molecule has 5 nitrogen and oxygen atoms in total. The normalized spacial score (nSPS) is 27.4. The van der Waals surface area contributed by atoms with Gasteiger partial charge in [-0.05, 0) is 30.9 Å². The Morgan fingerprint density at radius 1 is 1.47 bits per heavy atom. The van der Waals surface area contributed by atoms with E-state index in [0.29, 0.717) is 17.6 Å². The molecule has 100 valence electrons. The maximum Gasteiger partial charge on any atom is 0.247 e. The molecule has 0 radical (unpaired) electrons. The van der Waals surface area contributed by atoms with Crippen LogP contribution in [0.2, 0.25) is 0 Å². The van der Waals surface area contributed by atoms with Crippen LogP contribution in [-0.2, 0) is 5.54 Å². The van der Waals surface area contributed by atoms with E-state index >= 15 is 0 Å². The lowest BCUT2D eigenvalue weighted by Gasteiger charge is -2.33. The highest BCUT2D eigenvalue weighted by Crippen LogP contribution is 2.37. The molecule has 2 unspecified atom stereocenters. The molecular weight excluding hydrogens is 240 g/mol. The average molecular weight is 258 g/mol. The second kappa shape index (κ2) is 4.74. The van der Waals surface area contributed by atoms with Gasteiger partial charge in [0.2, 0.25) is 11.7 Å². The Balaban J connectivity index is 1.89. The maximum absolute atomic E-state index is 6.45. The van der Waals surface area contributed by atoms with Crippen molar-refractivity contribution >= 4 is 0 Å². The summed E-state index contributed by atoms with van der Waals surface area (Å²) in [7, 11) is 0. The molecule has 3 rings (SSSR count). The van der Waals surface area contributed by atoms with Crippen molar-refractivity contribution in [3.05, 3.63) is 30.4 Å². The summed E-state index contributed by atoms with van der Waals surface area (Å²) in [6, 6.07) is 3.76. The SMILES string of the molecule is CC1CCCC(N)(c2nc(-c3cccnc3)no2)C1. The van der Waals surface area contributed by atoms with E-state index in [4.69, 9.17) is 10.3 Å². The maximum atomic E-state index is 6.45. The first kappa shape index (κ1) is 12.3. The van der Waals surface area contributed by atoms with Gasteiger partial charge in [0, 0.05) is 18.0 Å². The summed E-state index contributed by atoms with van der Waals surface area (Å²) in [6.07, 6.45) is 7.59. The van der Waals surface area contributed by atoms with E-state index < -0.39 is 5.54 Å². The van der Waals surface area contributed by atoms with Crippen molar-refractivity contribution < 1.29 is 4.52 Å². The molecule has 2 heterocycles. The number of aromatic nitrogens is 3. The fourth-order valence-corrected chi connectivity index (χ4v) is 2.82. The quantitative estimate of drug-likeness (QED) is 0.895. The third-order valence-corrected chi connectivity index (χ3v) is 3.80. The number of hydrogen-bond donors (Lipinski definition) is 1. The molecule has 0 bridgehead atoms. The van der Waals surface area contributed by atoms with Crippen molar-refractivity contribution in [2.45, 2.75) is 38.1 Å². The van der Waals surface area contributed by atoms with Crippen molar-refractivity contribution in [1.29, 1.82) is 0 Å². The van der Waals surface area contributed by atoms with Crippen LogP contribution in [0.15, 0.2) is 29.0 Å². The highest BCUT2D eigenvalue weighted by molar-refractivity contribution is 5.52. The van der Waals surface area contributed by atoms with E-state index in [1.54, 1.807) is 12.4 Å². The summed E-state index contributed by atoms with van der Waals surface area (Å²) < 4.78 is 5.40. The Bertz CT molecular complexity index is 554. The Morgan fingerprint density at radius 2 is 2.37 bits per heavy atom. The van der Waals surface area contributed by atoms with Crippen LogP contribution in [0, 0.1) is 5.92 Å². The number of hydrogen-bond acceptors (Lipinski definition) is 5. The van der Waals surface area contributed by atoms with E-state index in [9.17, 15) is 0 Å². The third-order valence-electron chi connectivity index (χ3n) is 3.80. The van der Waals surface area contributed by atoms with E-state index in [1.165, 1.54) is 6.42 Å². The summed E-state index contributed by atoms with van der Waals surface area (Å²) in [4.78, 5) is 8.53. The minimum absolute atomic E-state index is 0.467. The fourth-order valence-electron chi connectivity index (χ4n) is 2.82. The Kier molecular flexibility index (Phi) is 3.06. The van der Waals surface area contributed by atoms with Crippen LogP contribution >= 0.6 is 0 Å². The fraction of sp³-hybridized carbons (Fsp3) is 0.500. The molecule has 19 heavy (non-hydrogen) atoms. The summed E-state index contributed by atoms with van der Waals surface area (Å²) in [5, 5.41) is 4.03. The van der Waals surface area contributed by atoms with Gasteiger partial charge in [-0.25, -0.2) is 0 Å². The smallest absolute Gasteiger partial charge is 0.247 e. The van der Waals surface area contributed by atoms with E-state index in [1.807, 2.05) is 12.1 Å². The van der Waals surface area contributed by atoms with Crippen molar-refractivity contribution in [1.82, 2.24) is 15.1 Å². The van der Waals surface area contributed by atoms with Gasteiger partial charge in [0.1, 0.15) is 0 Å². The van der Waals surface area contributed by atoms with Crippen molar-refractivity contribution in [3.63, 3.8) is 0 Å². The molecule has 2 aromatic heterocycles. The van der Waals surface area contributed by atoms with Crippen molar-refractivity contribution in [2.24, 2.45) is 11.7 Å². The number of nitrogens with two attached hydrogens (primary N) is 1. The zero-order valence-electron chi connectivity index (χ0n) is 11.0. The first-order valence-corrected chi connectivity index (χ1v) is 6.71. The standard InChI is InChI=1S/C14H18N4O/c1-10-4-2-6-14(15,8-10)13-17-12(18-19-13)11-5-3-7-16-9-11/h3,5,7,9-10H,2,4,6,8,15H2,1H3. The van der Waals surface area contributed by atoms with Crippen molar-refractivity contribution in [3.8, 4) is 11.4 Å². The van der Waals surface area contributed by atoms with Crippen molar-refractivity contribution in [2.75, 3.05) is 0 Å². The van der Waals surface area contributed by atoms with Crippen LogP contribution in [0.25, 0.3) is 11.4 Å². The zero-order chi connectivity index (χ0) is 13.3. The monoisotopic (exact) mass is 258 g/mol. The average Bonchev–Trinajstić information content (AvgIpc) is 2.90. The molecule has 0 saturated heterocycles. The summed E-state index contributed by atoms with van der Waals surface area (Å²) in [5.74, 6) is 1.72. The number of rotatable bonds is 2. The molecule has 0 amide bonds. The third kappa shape index (κ3) is 2.38.